The molecule has 1 aromatic heterocycles. The molecule has 2 unspecified atom stereocenters. The second kappa shape index (κ2) is 5.64. The lowest BCUT2D eigenvalue weighted by Crippen LogP contribution is -2.25. The van der Waals surface area contributed by atoms with Crippen molar-refractivity contribution in [2.75, 3.05) is 6.26 Å². The van der Waals surface area contributed by atoms with Crippen LogP contribution in [-0.2, 0) is 16.6 Å². The van der Waals surface area contributed by atoms with Crippen LogP contribution >= 0.6 is 11.8 Å². The monoisotopic (exact) mass is 290 g/mol. The average molecular weight is 290 g/mol. The fourth-order valence-electron chi connectivity index (χ4n) is 2.19. The van der Waals surface area contributed by atoms with Gasteiger partial charge in [0, 0.05) is 11.3 Å². The highest BCUT2D eigenvalue weighted by Crippen LogP contribution is 2.28. The van der Waals surface area contributed by atoms with Crippen molar-refractivity contribution in [1.82, 2.24) is 5.32 Å². The van der Waals surface area contributed by atoms with Crippen molar-refractivity contribution in [2.24, 2.45) is 5.14 Å². The molecular weight excluding hydrogens is 272 g/mol. The highest BCUT2D eigenvalue weighted by molar-refractivity contribution is 7.99. The summed E-state index contributed by atoms with van der Waals surface area (Å²) in [5, 5.41) is 8.93. The normalized spacial score (nSPS) is 24.6. The topological polar surface area (TPSA) is 85.3 Å². The fraction of sp³-hybridized carbons (Fsp3) is 0.636. The van der Waals surface area contributed by atoms with E-state index in [9.17, 15) is 8.42 Å². The van der Waals surface area contributed by atoms with Gasteiger partial charge in [-0.3, -0.25) is 0 Å². The van der Waals surface area contributed by atoms with Gasteiger partial charge in [0.05, 0.1) is 6.54 Å². The third kappa shape index (κ3) is 3.50. The lowest BCUT2D eigenvalue weighted by atomic mass is 10.2. The number of rotatable bonds is 5. The van der Waals surface area contributed by atoms with Crippen LogP contribution in [0.3, 0.4) is 0 Å². The first-order valence-corrected chi connectivity index (χ1v) is 8.70. The number of hydrogen-bond donors (Lipinski definition) is 2. The van der Waals surface area contributed by atoms with Gasteiger partial charge in [0.1, 0.15) is 5.76 Å². The molecule has 0 bridgehead atoms. The molecule has 2 rings (SSSR count). The maximum Gasteiger partial charge on any atom is 0.271 e. The van der Waals surface area contributed by atoms with Gasteiger partial charge in [0.25, 0.3) is 10.0 Å². The molecule has 1 aliphatic rings. The van der Waals surface area contributed by atoms with Gasteiger partial charge >= 0.3 is 0 Å². The minimum Gasteiger partial charge on any atom is -0.447 e. The highest BCUT2D eigenvalue weighted by Gasteiger charge is 2.23. The van der Waals surface area contributed by atoms with E-state index >= 15 is 0 Å². The van der Waals surface area contributed by atoms with E-state index in [-0.39, 0.29) is 5.09 Å². The van der Waals surface area contributed by atoms with E-state index in [4.69, 9.17) is 9.56 Å². The van der Waals surface area contributed by atoms with Gasteiger partial charge in [0.15, 0.2) is 0 Å². The molecule has 0 aliphatic heterocycles. The van der Waals surface area contributed by atoms with Gasteiger partial charge < -0.3 is 9.73 Å². The number of hydrogen-bond acceptors (Lipinski definition) is 5. The average Bonchev–Trinajstić information content (AvgIpc) is 2.94. The Balaban J connectivity index is 1.86. The van der Waals surface area contributed by atoms with Gasteiger partial charge in [-0.05, 0) is 37.7 Å². The van der Waals surface area contributed by atoms with E-state index in [1.807, 2.05) is 11.8 Å². The van der Waals surface area contributed by atoms with Crippen molar-refractivity contribution in [3.8, 4) is 0 Å². The summed E-state index contributed by atoms with van der Waals surface area (Å²) in [5.74, 6) is 0.603. The Labute approximate surface area is 112 Å². The number of primary sulfonamides is 1. The van der Waals surface area contributed by atoms with Gasteiger partial charge in [-0.25, -0.2) is 13.6 Å². The van der Waals surface area contributed by atoms with Crippen molar-refractivity contribution in [1.29, 1.82) is 0 Å². The second-order valence-electron chi connectivity index (χ2n) is 4.51. The van der Waals surface area contributed by atoms with E-state index in [0.717, 1.165) is 18.1 Å². The number of furan rings is 1. The molecule has 1 saturated carbocycles. The first-order valence-electron chi connectivity index (χ1n) is 5.86. The van der Waals surface area contributed by atoms with Crippen LogP contribution in [0.2, 0.25) is 0 Å². The molecule has 1 aliphatic carbocycles. The Morgan fingerprint density at radius 3 is 2.83 bits per heavy atom. The van der Waals surface area contributed by atoms with Crippen LogP contribution in [0.25, 0.3) is 0 Å². The van der Waals surface area contributed by atoms with Crippen LogP contribution in [0.15, 0.2) is 21.6 Å². The number of nitrogens with one attached hydrogen (secondary N) is 1. The summed E-state index contributed by atoms with van der Waals surface area (Å²) >= 11 is 1.91. The summed E-state index contributed by atoms with van der Waals surface area (Å²) in [4.78, 5) is 0. The zero-order chi connectivity index (χ0) is 13.2. The molecule has 0 amide bonds. The Kier molecular flexibility index (Phi) is 4.37. The van der Waals surface area contributed by atoms with E-state index in [1.54, 1.807) is 6.07 Å². The number of thioether (sulfide) groups is 1. The molecule has 0 radical (unpaired) electrons. The van der Waals surface area contributed by atoms with E-state index in [2.05, 4.69) is 11.6 Å². The molecule has 0 saturated heterocycles. The summed E-state index contributed by atoms with van der Waals surface area (Å²) in [6.45, 7) is 0.543. The summed E-state index contributed by atoms with van der Waals surface area (Å²) in [7, 11) is -3.73. The standard InChI is InChI=1S/C11H18N2O3S2/c1-17-10-4-2-8(6-10)13-7-9-3-5-11(16-9)18(12,14)15/h3,5,8,10,13H,2,4,6-7H2,1H3,(H2,12,14,15). The molecule has 102 valence electrons. The summed E-state index contributed by atoms with van der Waals surface area (Å²) in [6, 6.07) is 3.53. The van der Waals surface area contributed by atoms with Crippen molar-refractivity contribution in [3.63, 3.8) is 0 Å². The Morgan fingerprint density at radius 2 is 2.28 bits per heavy atom. The smallest absolute Gasteiger partial charge is 0.271 e. The summed E-state index contributed by atoms with van der Waals surface area (Å²) < 4.78 is 27.3. The lowest BCUT2D eigenvalue weighted by molar-refractivity contribution is 0.389. The van der Waals surface area contributed by atoms with Crippen molar-refractivity contribution >= 4 is 21.8 Å². The predicted octanol–water partition coefficient (Wildman–Crippen LogP) is 1.30. The Hall–Kier alpha value is -0.500. The predicted molar refractivity (Wildman–Crippen MR) is 71.9 cm³/mol. The molecule has 5 nitrogen and oxygen atoms in total. The van der Waals surface area contributed by atoms with E-state index in [1.165, 1.54) is 12.5 Å². The van der Waals surface area contributed by atoms with Crippen molar-refractivity contribution < 1.29 is 12.8 Å². The summed E-state index contributed by atoms with van der Waals surface area (Å²) in [6.07, 6.45) is 5.69. The van der Waals surface area contributed by atoms with Gasteiger partial charge in [-0.1, -0.05) is 0 Å². The molecule has 18 heavy (non-hydrogen) atoms. The largest absolute Gasteiger partial charge is 0.447 e. The van der Waals surface area contributed by atoms with Crippen LogP contribution in [-0.4, -0.2) is 26.0 Å². The molecule has 7 heteroatoms. The van der Waals surface area contributed by atoms with Gasteiger partial charge in [-0.2, -0.15) is 11.8 Å². The maximum atomic E-state index is 11.0. The Morgan fingerprint density at radius 1 is 1.50 bits per heavy atom. The quantitative estimate of drug-likeness (QED) is 0.854. The highest BCUT2D eigenvalue weighted by atomic mass is 32.2. The fourth-order valence-corrected chi connectivity index (χ4v) is 3.47. The number of nitrogens with two attached hydrogens (primary N) is 1. The second-order valence-corrected chi connectivity index (χ2v) is 7.14. The molecular formula is C11H18N2O3S2. The zero-order valence-electron chi connectivity index (χ0n) is 10.3. The minimum absolute atomic E-state index is 0.173. The van der Waals surface area contributed by atoms with E-state index in [0.29, 0.717) is 18.3 Å². The molecule has 3 N–H and O–H groups in total. The third-order valence-electron chi connectivity index (χ3n) is 3.20. The van der Waals surface area contributed by atoms with Crippen LogP contribution < -0.4 is 10.5 Å². The van der Waals surface area contributed by atoms with Crippen LogP contribution in [0.5, 0.6) is 0 Å². The maximum absolute atomic E-state index is 11.0. The third-order valence-corrected chi connectivity index (χ3v) is 5.08. The zero-order valence-corrected chi connectivity index (χ0v) is 11.9. The van der Waals surface area contributed by atoms with Crippen molar-refractivity contribution in [3.05, 3.63) is 17.9 Å². The van der Waals surface area contributed by atoms with Crippen LogP contribution in [0.1, 0.15) is 25.0 Å². The van der Waals surface area contributed by atoms with Gasteiger partial charge in [-0.15, -0.1) is 0 Å². The minimum atomic E-state index is -3.73. The molecule has 1 aromatic rings. The van der Waals surface area contributed by atoms with Gasteiger partial charge in [0.2, 0.25) is 5.09 Å². The molecule has 1 fully saturated rings. The Bertz CT molecular complexity index is 498. The number of sulfonamides is 1. The summed E-state index contributed by atoms with van der Waals surface area (Å²) in [5.41, 5.74) is 0. The molecule has 0 spiro atoms. The molecule has 0 aromatic carbocycles. The van der Waals surface area contributed by atoms with Crippen molar-refractivity contribution in [2.45, 2.75) is 42.2 Å². The SMILES string of the molecule is CSC1CCC(NCc2ccc(S(N)(=O)=O)o2)C1. The van der Waals surface area contributed by atoms with Crippen LogP contribution in [0, 0.1) is 0 Å². The molecule has 1 heterocycles. The first kappa shape index (κ1) is 13.9. The van der Waals surface area contributed by atoms with Crippen LogP contribution in [0.4, 0.5) is 0 Å². The lowest BCUT2D eigenvalue weighted by Gasteiger charge is -2.11. The first-order chi connectivity index (χ1) is 8.49. The van der Waals surface area contributed by atoms with E-state index < -0.39 is 10.0 Å². The molecule has 2 atom stereocenters.